The van der Waals surface area contributed by atoms with Crippen molar-refractivity contribution in [2.75, 3.05) is 4.90 Å². The lowest BCUT2D eigenvalue weighted by atomic mass is 10.1. The zero-order valence-electron chi connectivity index (χ0n) is 11.0. The average Bonchev–Trinajstić information content (AvgIpc) is 2.77. The summed E-state index contributed by atoms with van der Waals surface area (Å²) in [6.45, 7) is 0.464. The Bertz CT molecular complexity index is 725. The molecule has 0 saturated heterocycles. The summed E-state index contributed by atoms with van der Waals surface area (Å²) in [5.41, 5.74) is 2.82. The van der Waals surface area contributed by atoms with Gasteiger partial charge in [-0.1, -0.05) is 18.2 Å². The SMILES string of the molecule is O=C(O)c1ccc2c(c1)N(Cc1ccc(I)cc1)C(=O)C2. The van der Waals surface area contributed by atoms with Gasteiger partial charge in [-0.25, -0.2) is 4.79 Å². The average molecular weight is 393 g/mol. The van der Waals surface area contributed by atoms with Crippen molar-refractivity contribution in [2.24, 2.45) is 0 Å². The molecule has 0 spiro atoms. The van der Waals surface area contributed by atoms with Crippen LogP contribution in [0.3, 0.4) is 0 Å². The van der Waals surface area contributed by atoms with Gasteiger partial charge in [-0.15, -0.1) is 0 Å². The van der Waals surface area contributed by atoms with E-state index in [4.69, 9.17) is 5.11 Å². The van der Waals surface area contributed by atoms with E-state index in [9.17, 15) is 9.59 Å². The van der Waals surface area contributed by atoms with E-state index in [1.165, 1.54) is 0 Å². The maximum Gasteiger partial charge on any atom is 0.335 e. The number of carbonyl (C=O) groups excluding carboxylic acids is 1. The lowest BCUT2D eigenvalue weighted by Crippen LogP contribution is -2.26. The van der Waals surface area contributed by atoms with Crippen molar-refractivity contribution in [3.05, 3.63) is 62.7 Å². The Balaban J connectivity index is 1.93. The van der Waals surface area contributed by atoms with Crippen molar-refractivity contribution in [1.82, 2.24) is 0 Å². The topological polar surface area (TPSA) is 57.6 Å². The van der Waals surface area contributed by atoms with Crippen molar-refractivity contribution < 1.29 is 14.7 Å². The highest BCUT2D eigenvalue weighted by Gasteiger charge is 2.28. The number of carboxylic acids is 1. The van der Waals surface area contributed by atoms with E-state index in [1.807, 2.05) is 24.3 Å². The molecule has 2 aromatic rings. The molecule has 1 N–H and O–H groups in total. The summed E-state index contributed by atoms with van der Waals surface area (Å²) in [6, 6.07) is 12.8. The molecule has 5 heteroatoms. The summed E-state index contributed by atoms with van der Waals surface area (Å²) in [7, 11) is 0. The lowest BCUT2D eigenvalue weighted by molar-refractivity contribution is -0.117. The summed E-state index contributed by atoms with van der Waals surface area (Å²) >= 11 is 2.23. The molecule has 1 aliphatic rings. The third kappa shape index (κ3) is 2.78. The lowest BCUT2D eigenvalue weighted by Gasteiger charge is -2.18. The second-order valence-electron chi connectivity index (χ2n) is 4.93. The summed E-state index contributed by atoms with van der Waals surface area (Å²) < 4.78 is 1.14. The van der Waals surface area contributed by atoms with Crippen LogP contribution in [0.1, 0.15) is 21.5 Å². The number of nitrogens with zero attached hydrogens (tertiary/aromatic N) is 1. The molecule has 1 aliphatic heterocycles. The van der Waals surface area contributed by atoms with Crippen molar-refractivity contribution in [3.63, 3.8) is 0 Å². The third-order valence-corrected chi connectivity index (χ3v) is 4.24. The molecular formula is C16H12INO3. The van der Waals surface area contributed by atoms with E-state index >= 15 is 0 Å². The molecule has 0 aliphatic carbocycles. The second kappa shape index (κ2) is 5.48. The van der Waals surface area contributed by atoms with Gasteiger partial charge in [0.15, 0.2) is 0 Å². The molecule has 106 valence electrons. The number of hydrogen-bond acceptors (Lipinski definition) is 2. The van der Waals surface area contributed by atoms with Crippen LogP contribution in [0.5, 0.6) is 0 Å². The third-order valence-electron chi connectivity index (χ3n) is 3.52. The molecule has 1 amide bonds. The number of hydrogen-bond donors (Lipinski definition) is 1. The second-order valence-corrected chi connectivity index (χ2v) is 6.18. The summed E-state index contributed by atoms with van der Waals surface area (Å²) in [5.74, 6) is -0.975. The molecule has 0 unspecified atom stereocenters. The Hall–Kier alpha value is -1.89. The molecule has 3 rings (SSSR count). The predicted octanol–water partition coefficient (Wildman–Crippen LogP) is 3.08. The predicted molar refractivity (Wildman–Crippen MR) is 87.5 cm³/mol. The highest BCUT2D eigenvalue weighted by Crippen LogP contribution is 2.31. The maximum atomic E-state index is 12.2. The fourth-order valence-corrected chi connectivity index (χ4v) is 2.80. The summed E-state index contributed by atoms with van der Waals surface area (Å²) in [6.07, 6.45) is 0.333. The minimum Gasteiger partial charge on any atom is -0.478 e. The summed E-state index contributed by atoms with van der Waals surface area (Å²) in [5, 5.41) is 9.08. The van der Waals surface area contributed by atoms with Crippen LogP contribution in [0.4, 0.5) is 5.69 Å². The zero-order valence-corrected chi connectivity index (χ0v) is 13.2. The van der Waals surface area contributed by atoms with Crippen molar-refractivity contribution in [2.45, 2.75) is 13.0 Å². The molecule has 0 radical (unpaired) electrons. The fourth-order valence-electron chi connectivity index (χ4n) is 2.44. The van der Waals surface area contributed by atoms with E-state index in [2.05, 4.69) is 22.6 Å². The monoisotopic (exact) mass is 393 g/mol. The Morgan fingerprint density at radius 3 is 2.57 bits per heavy atom. The van der Waals surface area contributed by atoms with Gasteiger partial charge in [-0.05, 0) is 58.0 Å². The van der Waals surface area contributed by atoms with Crippen LogP contribution in [0.25, 0.3) is 0 Å². The highest BCUT2D eigenvalue weighted by atomic mass is 127. The standard InChI is InChI=1S/C16H12INO3/c17-13-5-1-10(2-6-13)9-18-14-7-12(16(20)21)4-3-11(14)8-15(18)19/h1-7H,8-9H2,(H,20,21). The maximum absolute atomic E-state index is 12.2. The number of halogens is 1. The number of carboxylic acid groups (broad SMARTS) is 1. The van der Waals surface area contributed by atoms with Crippen LogP contribution in [-0.2, 0) is 17.8 Å². The Morgan fingerprint density at radius 1 is 1.19 bits per heavy atom. The Morgan fingerprint density at radius 2 is 1.90 bits per heavy atom. The van der Waals surface area contributed by atoms with Gasteiger partial charge in [0.2, 0.25) is 5.91 Å². The number of aromatic carboxylic acids is 1. The van der Waals surface area contributed by atoms with Gasteiger partial charge >= 0.3 is 5.97 Å². The number of anilines is 1. The van der Waals surface area contributed by atoms with Crippen molar-refractivity contribution >= 4 is 40.2 Å². The molecule has 0 aromatic heterocycles. The largest absolute Gasteiger partial charge is 0.478 e. The molecule has 2 aromatic carbocycles. The van der Waals surface area contributed by atoms with Gasteiger partial charge in [0.25, 0.3) is 0 Å². The van der Waals surface area contributed by atoms with E-state index in [1.54, 1.807) is 23.1 Å². The number of benzene rings is 2. The number of carbonyl (C=O) groups is 2. The smallest absolute Gasteiger partial charge is 0.335 e. The van der Waals surface area contributed by atoms with Gasteiger partial charge in [0, 0.05) is 9.26 Å². The van der Waals surface area contributed by atoms with Crippen LogP contribution >= 0.6 is 22.6 Å². The molecule has 4 nitrogen and oxygen atoms in total. The van der Waals surface area contributed by atoms with Crippen LogP contribution < -0.4 is 4.90 Å². The Kier molecular flexibility index (Phi) is 3.67. The first-order valence-corrected chi connectivity index (χ1v) is 7.53. The van der Waals surface area contributed by atoms with E-state index in [0.29, 0.717) is 18.7 Å². The van der Waals surface area contributed by atoms with Gasteiger partial charge in [0.1, 0.15) is 0 Å². The molecular weight excluding hydrogens is 381 g/mol. The minimum atomic E-state index is -0.980. The Labute approximate surface area is 135 Å². The first-order valence-electron chi connectivity index (χ1n) is 6.45. The van der Waals surface area contributed by atoms with E-state index in [-0.39, 0.29) is 11.5 Å². The number of fused-ring (bicyclic) bond motifs is 1. The van der Waals surface area contributed by atoms with Gasteiger partial charge < -0.3 is 10.0 Å². The fraction of sp³-hybridized carbons (Fsp3) is 0.125. The van der Waals surface area contributed by atoms with Crippen molar-refractivity contribution in [3.8, 4) is 0 Å². The highest BCUT2D eigenvalue weighted by molar-refractivity contribution is 14.1. The van der Waals surface area contributed by atoms with E-state index < -0.39 is 5.97 Å². The van der Waals surface area contributed by atoms with Crippen LogP contribution in [0, 0.1) is 3.57 Å². The molecule has 1 heterocycles. The quantitative estimate of drug-likeness (QED) is 0.816. The number of amides is 1. The van der Waals surface area contributed by atoms with Gasteiger partial charge in [-0.3, -0.25) is 4.79 Å². The zero-order chi connectivity index (χ0) is 15.0. The molecule has 0 atom stereocenters. The van der Waals surface area contributed by atoms with Crippen LogP contribution in [0.2, 0.25) is 0 Å². The minimum absolute atomic E-state index is 0.00564. The summed E-state index contributed by atoms with van der Waals surface area (Å²) in [4.78, 5) is 24.9. The first-order chi connectivity index (χ1) is 10.0. The van der Waals surface area contributed by atoms with Gasteiger partial charge in [-0.2, -0.15) is 0 Å². The van der Waals surface area contributed by atoms with Gasteiger partial charge in [0.05, 0.1) is 18.5 Å². The molecule has 0 fully saturated rings. The normalized spacial score (nSPS) is 13.4. The number of rotatable bonds is 3. The molecule has 0 saturated carbocycles. The molecule has 21 heavy (non-hydrogen) atoms. The van der Waals surface area contributed by atoms with Crippen LogP contribution in [0.15, 0.2) is 42.5 Å². The van der Waals surface area contributed by atoms with Crippen molar-refractivity contribution in [1.29, 1.82) is 0 Å². The molecule has 0 bridgehead atoms. The van der Waals surface area contributed by atoms with E-state index in [0.717, 1.165) is 14.7 Å². The van der Waals surface area contributed by atoms with Crippen LogP contribution in [-0.4, -0.2) is 17.0 Å². The first kappa shape index (κ1) is 14.1.